The molecule has 0 radical (unpaired) electrons. The Morgan fingerprint density at radius 1 is 0.818 bits per heavy atom. The van der Waals surface area contributed by atoms with Crippen molar-refractivity contribution in [2.24, 2.45) is 5.41 Å². The Hall–Kier alpha value is -2.24. The summed E-state index contributed by atoms with van der Waals surface area (Å²) in [6.07, 6.45) is 5.14. The second-order valence-corrected chi connectivity index (χ2v) is 9.92. The number of nitrogens with zero attached hydrogens (tertiary/aromatic N) is 2. The number of piperidine rings is 2. The molecule has 2 aromatic rings. The van der Waals surface area contributed by atoms with Crippen LogP contribution < -0.4 is 4.74 Å². The molecule has 2 aliphatic heterocycles. The van der Waals surface area contributed by atoms with Gasteiger partial charge >= 0.3 is 0 Å². The minimum atomic E-state index is -0.314. The van der Waals surface area contributed by atoms with Gasteiger partial charge in [-0.15, -0.1) is 0 Å². The van der Waals surface area contributed by atoms with Gasteiger partial charge in [0.25, 0.3) is 5.91 Å². The van der Waals surface area contributed by atoms with Crippen molar-refractivity contribution >= 4 is 35.0 Å². The van der Waals surface area contributed by atoms with E-state index in [4.69, 9.17) is 27.9 Å². The van der Waals surface area contributed by atoms with Crippen LogP contribution >= 0.6 is 23.2 Å². The minimum absolute atomic E-state index is 0.162. The molecule has 7 heteroatoms. The number of carbonyl (C=O) groups is 2. The second kappa shape index (κ2) is 10.8. The number of amides is 2. The number of hydrogen-bond acceptors (Lipinski definition) is 3. The predicted molar refractivity (Wildman–Crippen MR) is 131 cm³/mol. The molecule has 0 bridgehead atoms. The quantitative estimate of drug-likeness (QED) is 0.523. The first-order chi connectivity index (χ1) is 16.0. The van der Waals surface area contributed by atoms with Crippen molar-refractivity contribution < 1.29 is 14.3 Å². The molecule has 0 N–H and O–H groups in total. The Bertz CT molecular complexity index is 949. The topological polar surface area (TPSA) is 49.9 Å². The van der Waals surface area contributed by atoms with Gasteiger partial charge in [-0.25, -0.2) is 0 Å². The standard InChI is InChI=1S/C26H30Cl2N2O3/c27-21-10-7-11-22(28)24(21)25(32)30-16-12-26(13-17-30,19-33-20-8-3-1-4-9-20)18-23(31)29-14-5-2-6-15-29/h1,3-4,7-11H,2,5-6,12-19H2. The van der Waals surface area contributed by atoms with Crippen molar-refractivity contribution in [2.45, 2.75) is 38.5 Å². The van der Waals surface area contributed by atoms with Gasteiger partial charge in [-0.1, -0.05) is 47.5 Å². The Balaban J connectivity index is 1.47. The first kappa shape index (κ1) is 23.9. The molecule has 2 aliphatic rings. The molecule has 2 saturated heterocycles. The molecule has 5 nitrogen and oxygen atoms in total. The highest BCUT2D eigenvalue weighted by molar-refractivity contribution is 6.39. The molecule has 4 rings (SSSR count). The lowest BCUT2D eigenvalue weighted by Crippen LogP contribution is -2.48. The SMILES string of the molecule is O=C(CC1(COc2ccccc2)CCN(C(=O)c2c(Cl)cccc2Cl)CC1)N1CCCCC1. The van der Waals surface area contributed by atoms with Gasteiger partial charge in [0, 0.05) is 38.0 Å². The highest BCUT2D eigenvalue weighted by Gasteiger charge is 2.40. The summed E-state index contributed by atoms with van der Waals surface area (Å²) in [6, 6.07) is 14.8. The molecule has 0 spiro atoms. The molecule has 176 valence electrons. The summed E-state index contributed by atoms with van der Waals surface area (Å²) >= 11 is 12.5. The average molecular weight is 489 g/mol. The van der Waals surface area contributed by atoms with E-state index in [2.05, 4.69) is 0 Å². The smallest absolute Gasteiger partial charge is 0.256 e. The van der Waals surface area contributed by atoms with E-state index in [0.29, 0.717) is 54.6 Å². The third-order valence-electron chi connectivity index (χ3n) is 6.81. The first-order valence-electron chi connectivity index (χ1n) is 11.7. The number of hydrogen-bond donors (Lipinski definition) is 0. The van der Waals surface area contributed by atoms with Gasteiger partial charge in [-0.05, 0) is 56.4 Å². The summed E-state index contributed by atoms with van der Waals surface area (Å²) in [5.74, 6) is 0.828. The van der Waals surface area contributed by atoms with Crippen molar-refractivity contribution in [3.63, 3.8) is 0 Å². The Kier molecular flexibility index (Phi) is 7.82. The van der Waals surface area contributed by atoms with Crippen LogP contribution in [-0.2, 0) is 4.79 Å². The number of benzene rings is 2. The molecular weight excluding hydrogens is 459 g/mol. The zero-order valence-corrected chi connectivity index (χ0v) is 20.3. The summed E-state index contributed by atoms with van der Waals surface area (Å²) in [5, 5.41) is 0.717. The lowest BCUT2D eigenvalue weighted by Gasteiger charge is -2.42. The Morgan fingerprint density at radius 2 is 1.45 bits per heavy atom. The fourth-order valence-electron chi connectivity index (χ4n) is 4.75. The van der Waals surface area contributed by atoms with E-state index in [1.807, 2.05) is 35.2 Å². The highest BCUT2D eigenvalue weighted by Crippen LogP contribution is 2.38. The maximum absolute atomic E-state index is 13.2. The first-order valence-corrected chi connectivity index (χ1v) is 12.4. The number of ether oxygens (including phenoxy) is 1. The molecule has 0 saturated carbocycles. The number of carbonyl (C=O) groups excluding carboxylic acids is 2. The third-order valence-corrected chi connectivity index (χ3v) is 7.44. The second-order valence-electron chi connectivity index (χ2n) is 9.11. The maximum Gasteiger partial charge on any atom is 0.256 e. The van der Waals surface area contributed by atoms with Crippen molar-refractivity contribution in [3.8, 4) is 5.75 Å². The molecule has 0 aromatic heterocycles. The van der Waals surface area contributed by atoms with Crippen LogP contribution in [0.2, 0.25) is 10.0 Å². The lowest BCUT2D eigenvalue weighted by molar-refractivity contribution is -0.136. The summed E-state index contributed by atoms with van der Waals surface area (Å²) in [6.45, 7) is 3.19. The van der Waals surface area contributed by atoms with E-state index >= 15 is 0 Å². The largest absolute Gasteiger partial charge is 0.493 e. The van der Waals surface area contributed by atoms with Crippen LogP contribution in [0.3, 0.4) is 0 Å². The molecule has 2 fully saturated rings. The maximum atomic E-state index is 13.2. The molecule has 0 aliphatic carbocycles. The van der Waals surface area contributed by atoms with Crippen molar-refractivity contribution in [1.29, 1.82) is 0 Å². The molecule has 2 aromatic carbocycles. The lowest BCUT2D eigenvalue weighted by atomic mass is 9.75. The monoisotopic (exact) mass is 488 g/mol. The molecule has 33 heavy (non-hydrogen) atoms. The zero-order chi connectivity index (χ0) is 23.3. The fourth-order valence-corrected chi connectivity index (χ4v) is 5.30. The van der Waals surface area contributed by atoms with Gasteiger partial charge in [0.05, 0.1) is 22.2 Å². The summed E-state index contributed by atoms with van der Waals surface area (Å²) < 4.78 is 6.14. The van der Waals surface area contributed by atoms with Crippen LogP contribution in [-0.4, -0.2) is 54.4 Å². The van der Waals surface area contributed by atoms with Crippen molar-refractivity contribution in [3.05, 3.63) is 64.1 Å². The summed E-state index contributed by atoms with van der Waals surface area (Å²) in [5.41, 5.74) is 0.0316. The van der Waals surface area contributed by atoms with Gasteiger partial charge < -0.3 is 14.5 Å². The Morgan fingerprint density at radius 3 is 2.09 bits per heavy atom. The van der Waals surface area contributed by atoms with Crippen molar-refractivity contribution in [2.75, 3.05) is 32.8 Å². The zero-order valence-electron chi connectivity index (χ0n) is 18.8. The number of likely N-dealkylation sites (tertiary alicyclic amines) is 2. The normalized spacial score (nSPS) is 18.1. The van der Waals surface area contributed by atoms with Crippen LogP contribution in [0.4, 0.5) is 0 Å². The molecule has 0 unspecified atom stereocenters. The van der Waals surface area contributed by atoms with Crippen LogP contribution in [0.5, 0.6) is 5.75 Å². The van der Waals surface area contributed by atoms with E-state index in [-0.39, 0.29) is 17.2 Å². The van der Waals surface area contributed by atoms with Crippen LogP contribution in [0.25, 0.3) is 0 Å². The fraction of sp³-hybridized carbons (Fsp3) is 0.462. The number of para-hydroxylation sites is 1. The van der Waals surface area contributed by atoms with Crippen molar-refractivity contribution in [1.82, 2.24) is 9.80 Å². The van der Waals surface area contributed by atoms with E-state index in [9.17, 15) is 9.59 Å². The number of halogens is 2. The van der Waals surface area contributed by atoms with E-state index < -0.39 is 0 Å². The van der Waals surface area contributed by atoms with Gasteiger partial charge in [0.1, 0.15) is 5.75 Å². The van der Waals surface area contributed by atoms with E-state index in [0.717, 1.165) is 31.7 Å². The summed E-state index contributed by atoms with van der Waals surface area (Å²) in [4.78, 5) is 30.1. The number of rotatable bonds is 6. The van der Waals surface area contributed by atoms with Crippen LogP contribution in [0, 0.1) is 5.41 Å². The van der Waals surface area contributed by atoms with E-state index in [1.165, 1.54) is 6.42 Å². The minimum Gasteiger partial charge on any atom is -0.493 e. The highest BCUT2D eigenvalue weighted by atomic mass is 35.5. The molecular formula is C26H30Cl2N2O3. The predicted octanol–water partition coefficient (Wildman–Crippen LogP) is 5.70. The van der Waals surface area contributed by atoms with Gasteiger partial charge in [-0.2, -0.15) is 0 Å². The average Bonchev–Trinajstić information content (AvgIpc) is 2.84. The van der Waals surface area contributed by atoms with Gasteiger partial charge in [-0.3, -0.25) is 9.59 Å². The van der Waals surface area contributed by atoms with Gasteiger partial charge in [0.2, 0.25) is 5.91 Å². The van der Waals surface area contributed by atoms with Gasteiger partial charge in [0.15, 0.2) is 0 Å². The van der Waals surface area contributed by atoms with E-state index in [1.54, 1.807) is 23.1 Å². The molecule has 2 amide bonds. The summed E-state index contributed by atoms with van der Waals surface area (Å²) in [7, 11) is 0. The van der Waals surface area contributed by atoms with Crippen LogP contribution in [0.1, 0.15) is 48.9 Å². The molecule has 2 heterocycles. The molecule has 0 atom stereocenters. The Labute approximate surface area is 205 Å². The third kappa shape index (κ3) is 5.82. The van der Waals surface area contributed by atoms with Crippen LogP contribution in [0.15, 0.2) is 48.5 Å².